The van der Waals surface area contributed by atoms with Crippen molar-refractivity contribution in [2.45, 2.75) is 12.6 Å². The van der Waals surface area contributed by atoms with Crippen LogP contribution in [0.25, 0.3) is 0 Å². The molecule has 3 aliphatic rings. The first-order chi connectivity index (χ1) is 16.8. The lowest BCUT2D eigenvalue weighted by atomic mass is 10.0. The van der Waals surface area contributed by atoms with Crippen LogP contribution in [0.15, 0.2) is 36.4 Å². The Labute approximate surface area is 202 Å². The van der Waals surface area contributed by atoms with Crippen molar-refractivity contribution in [2.75, 3.05) is 43.7 Å². The number of benzene rings is 2. The SMILES string of the molecule is COc1ccc2c(c1OC)C(=O)N1c3ccccc3C(=O)N(CC(=O)NC[C@H]3CCS(=O)(=O)C3)[C@H]21. The van der Waals surface area contributed by atoms with Gasteiger partial charge < -0.3 is 19.7 Å². The number of fused-ring (bicyclic) bond motifs is 5. The van der Waals surface area contributed by atoms with Crippen LogP contribution in [0.1, 0.15) is 38.9 Å². The van der Waals surface area contributed by atoms with E-state index in [1.54, 1.807) is 36.4 Å². The molecule has 1 saturated heterocycles. The number of carbonyl (C=O) groups is 3. The van der Waals surface area contributed by atoms with Crippen molar-refractivity contribution in [3.05, 3.63) is 53.1 Å². The molecular formula is C24H25N3O7S. The van der Waals surface area contributed by atoms with Crippen LogP contribution in [0.4, 0.5) is 5.69 Å². The highest BCUT2D eigenvalue weighted by molar-refractivity contribution is 7.91. The fourth-order valence-electron chi connectivity index (χ4n) is 5.09. The first kappa shape index (κ1) is 23.2. The molecule has 5 rings (SSSR count). The van der Waals surface area contributed by atoms with Gasteiger partial charge in [-0.3, -0.25) is 19.3 Å². The lowest BCUT2D eigenvalue weighted by molar-refractivity contribution is -0.122. The number of anilines is 1. The average Bonchev–Trinajstić information content (AvgIpc) is 3.35. The molecule has 0 unspecified atom stereocenters. The van der Waals surface area contributed by atoms with E-state index < -0.39 is 21.9 Å². The monoisotopic (exact) mass is 499 g/mol. The van der Waals surface area contributed by atoms with Gasteiger partial charge in [0.25, 0.3) is 11.8 Å². The number of nitrogens with one attached hydrogen (secondary N) is 1. The average molecular weight is 500 g/mol. The summed E-state index contributed by atoms with van der Waals surface area (Å²) in [6, 6.07) is 10.1. The van der Waals surface area contributed by atoms with E-state index in [-0.39, 0.29) is 53.6 Å². The number of methoxy groups -OCH3 is 2. The van der Waals surface area contributed by atoms with Gasteiger partial charge in [-0.25, -0.2) is 8.42 Å². The van der Waals surface area contributed by atoms with Crippen LogP contribution < -0.4 is 19.7 Å². The molecule has 3 amide bonds. The molecule has 0 aromatic heterocycles. The number of sulfone groups is 1. The Kier molecular flexibility index (Phi) is 5.66. The summed E-state index contributed by atoms with van der Waals surface area (Å²) in [7, 11) is -0.144. The second-order valence-electron chi connectivity index (χ2n) is 8.84. The molecule has 3 heterocycles. The van der Waals surface area contributed by atoms with Crippen LogP contribution in [0.5, 0.6) is 11.5 Å². The number of nitrogens with zero attached hydrogens (tertiary/aromatic N) is 2. The number of hydrogen-bond donors (Lipinski definition) is 1. The second-order valence-corrected chi connectivity index (χ2v) is 11.1. The number of amides is 3. The first-order valence-corrected chi connectivity index (χ1v) is 13.0. The number of ether oxygens (including phenoxy) is 2. The lowest BCUT2D eigenvalue weighted by Crippen LogP contribution is -2.51. The molecule has 0 radical (unpaired) electrons. The zero-order valence-electron chi connectivity index (χ0n) is 19.3. The van der Waals surface area contributed by atoms with Gasteiger partial charge in [0.05, 0.1) is 42.5 Å². The Hall–Kier alpha value is -3.60. The van der Waals surface area contributed by atoms with Gasteiger partial charge in [-0.05, 0) is 30.5 Å². The topological polar surface area (TPSA) is 122 Å². The van der Waals surface area contributed by atoms with Crippen molar-refractivity contribution >= 4 is 33.2 Å². The number of carbonyl (C=O) groups excluding carboxylic acids is 3. The molecule has 0 saturated carbocycles. The Morgan fingerprint density at radius 3 is 2.54 bits per heavy atom. The summed E-state index contributed by atoms with van der Waals surface area (Å²) >= 11 is 0. The van der Waals surface area contributed by atoms with Gasteiger partial charge in [-0.15, -0.1) is 0 Å². The van der Waals surface area contributed by atoms with E-state index in [9.17, 15) is 22.8 Å². The highest BCUT2D eigenvalue weighted by Gasteiger charge is 2.50. The minimum absolute atomic E-state index is 0.0448. The van der Waals surface area contributed by atoms with Gasteiger partial charge >= 0.3 is 0 Å². The molecular weight excluding hydrogens is 474 g/mol. The molecule has 1 fully saturated rings. The molecule has 35 heavy (non-hydrogen) atoms. The second kappa shape index (κ2) is 8.56. The van der Waals surface area contributed by atoms with Gasteiger partial charge in [0.2, 0.25) is 5.91 Å². The van der Waals surface area contributed by atoms with Gasteiger partial charge in [-0.1, -0.05) is 18.2 Å². The maximum atomic E-state index is 13.6. The molecule has 0 bridgehead atoms. The van der Waals surface area contributed by atoms with Crippen LogP contribution in [-0.2, 0) is 14.6 Å². The maximum absolute atomic E-state index is 13.6. The molecule has 2 aromatic rings. The quantitative estimate of drug-likeness (QED) is 0.637. The van der Waals surface area contributed by atoms with Crippen molar-refractivity contribution in [1.29, 1.82) is 0 Å². The zero-order chi connectivity index (χ0) is 24.9. The molecule has 184 valence electrons. The number of hydrogen-bond acceptors (Lipinski definition) is 7. The third kappa shape index (κ3) is 3.79. The minimum atomic E-state index is -3.06. The van der Waals surface area contributed by atoms with E-state index in [4.69, 9.17) is 9.47 Å². The van der Waals surface area contributed by atoms with E-state index in [1.165, 1.54) is 24.0 Å². The third-order valence-corrected chi connectivity index (χ3v) is 8.55. The van der Waals surface area contributed by atoms with Crippen LogP contribution in [0.2, 0.25) is 0 Å². The summed E-state index contributed by atoms with van der Waals surface area (Å²) in [5, 5.41) is 2.76. The van der Waals surface area contributed by atoms with E-state index >= 15 is 0 Å². The molecule has 2 atom stereocenters. The van der Waals surface area contributed by atoms with Gasteiger partial charge in [0, 0.05) is 12.1 Å². The van der Waals surface area contributed by atoms with Crippen molar-refractivity contribution in [2.24, 2.45) is 5.92 Å². The third-order valence-electron chi connectivity index (χ3n) is 6.71. The molecule has 3 aliphatic heterocycles. The summed E-state index contributed by atoms with van der Waals surface area (Å²) in [5.74, 6) is -0.499. The van der Waals surface area contributed by atoms with E-state index in [0.29, 0.717) is 29.0 Å². The van der Waals surface area contributed by atoms with E-state index in [0.717, 1.165) is 0 Å². The Bertz CT molecular complexity index is 1340. The van der Waals surface area contributed by atoms with Crippen LogP contribution in [0, 0.1) is 5.92 Å². The smallest absolute Gasteiger partial charge is 0.264 e. The summed E-state index contributed by atoms with van der Waals surface area (Å²) in [4.78, 5) is 42.9. The van der Waals surface area contributed by atoms with Crippen molar-refractivity contribution < 1.29 is 32.3 Å². The summed E-state index contributed by atoms with van der Waals surface area (Å²) in [6.45, 7) is -0.0829. The molecule has 11 heteroatoms. The molecule has 0 aliphatic carbocycles. The van der Waals surface area contributed by atoms with Crippen molar-refractivity contribution in [3.63, 3.8) is 0 Å². The molecule has 0 spiro atoms. The van der Waals surface area contributed by atoms with Crippen LogP contribution in [-0.4, -0.2) is 69.9 Å². The molecule has 10 nitrogen and oxygen atoms in total. The van der Waals surface area contributed by atoms with E-state index in [2.05, 4.69) is 5.32 Å². The highest BCUT2D eigenvalue weighted by Crippen LogP contribution is 2.49. The number of rotatable bonds is 6. The standard InChI is InChI=1S/C24H25N3O7S/c1-33-18-8-7-16-20(21(18)34-2)24(30)27-17-6-4-3-5-15(17)23(29)26(22(16)27)12-19(28)25-11-14-9-10-35(31,32)13-14/h3-8,14,22H,9-13H2,1-2H3,(H,25,28)/t14-,22+/m1/s1. The van der Waals surface area contributed by atoms with E-state index in [1.807, 2.05) is 0 Å². The molecule has 1 N–H and O–H groups in total. The first-order valence-electron chi connectivity index (χ1n) is 11.2. The van der Waals surface area contributed by atoms with Gasteiger partial charge in [-0.2, -0.15) is 0 Å². The predicted molar refractivity (Wildman–Crippen MR) is 126 cm³/mol. The Morgan fingerprint density at radius 2 is 1.86 bits per heavy atom. The predicted octanol–water partition coefficient (Wildman–Crippen LogP) is 1.37. The molecule has 2 aromatic carbocycles. The van der Waals surface area contributed by atoms with Crippen molar-refractivity contribution in [3.8, 4) is 11.5 Å². The van der Waals surface area contributed by atoms with Gasteiger partial charge in [0.1, 0.15) is 12.7 Å². The fourth-order valence-corrected chi connectivity index (χ4v) is 6.95. The van der Waals surface area contributed by atoms with Crippen molar-refractivity contribution in [1.82, 2.24) is 10.2 Å². The Morgan fingerprint density at radius 1 is 1.09 bits per heavy atom. The Balaban J connectivity index is 1.49. The normalized spacial score (nSPS) is 21.9. The minimum Gasteiger partial charge on any atom is -0.493 e. The summed E-state index contributed by atoms with van der Waals surface area (Å²) < 4.78 is 34.3. The fraction of sp³-hybridized carbons (Fsp3) is 0.375. The maximum Gasteiger partial charge on any atom is 0.264 e. The number of para-hydroxylation sites is 1. The summed E-state index contributed by atoms with van der Waals surface area (Å²) in [5.41, 5.74) is 1.58. The largest absolute Gasteiger partial charge is 0.493 e. The highest BCUT2D eigenvalue weighted by atomic mass is 32.2. The zero-order valence-corrected chi connectivity index (χ0v) is 20.1. The van der Waals surface area contributed by atoms with Crippen LogP contribution in [0.3, 0.4) is 0 Å². The summed E-state index contributed by atoms with van der Waals surface area (Å²) in [6.07, 6.45) is -0.337. The van der Waals surface area contributed by atoms with Gasteiger partial charge in [0.15, 0.2) is 21.3 Å². The lowest BCUT2D eigenvalue weighted by Gasteiger charge is -2.40. The van der Waals surface area contributed by atoms with Crippen LogP contribution >= 0.6 is 0 Å².